The third-order valence-corrected chi connectivity index (χ3v) is 9.33. The van der Waals surface area contributed by atoms with E-state index in [0.717, 1.165) is 12.8 Å². The number of carbonyl (C=O) groups is 3. The first-order chi connectivity index (χ1) is 20.8. The van der Waals surface area contributed by atoms with E-state index in [-0.39, 0.29) is 42.5 Å². The Labute approximate surface area is 256 Å². The number of fused-ring (bicyclic) bond motifs is 5. The van der Waals surface area contributed by atoms with Crippen molar-refractivity contribution in [1.82, 2.24) is 15.2 Å². The zero-order chi connectivity index (χ0) is 31.4. The van der Waals surface area contributed by atoms with Crippen LogP contribution in [0.4, 0.5) is 13.6 Å². The predicted molar refractivity (Wildman–Crippen MR) is 158 cm³/mol. The minimum Gasteiger partial charge on any atom is -0.490 e. The number of aldehydes is 1. The number of nitrogens with one attached hydrogen (secondary N) is 1. The second kappa shape index (κ2) is 11.5. The monoisotopic (exact) mass is 613 g/mol. The summed E-state index contributed by atoms with van der Waals surface area (Å²) in [7, 11) is 0. The van der Waals surface area contributed by atoms with Crippen LogP contribution in [0.15, 0.2) is 24.3 Å². The lowest BCUT2D eigenvalue weighted by atomic mass is 9.85. The van der Waals surface area contributed by atoms with Crippen LogP contribution in [-0.4, -0.2) is 65.1 Å². The maximum Gasteiger partial charge on any atom is 0.408 e. The molecule has 3 heterocycles. The highest BCUT2D eigenvalue weighted by molar-refractivity contribution is 5.89. The number of rotatable bonds is 3. The molecule has 238 valence electrons. The molecule has 4 aliphatic rings. The number of alkyl carbamates (subject to hydrolysis) is 1. The highest BCUT2D eigenvalue weighted by atomic mass is 19.3. The first-order valence-electron chi connectivity index (χ1n) is 15.7. The second-order valence-electron chi connectivity index (χ2n) is 14.0. The number of benzene rings is 1. The van der Waals surface area contributed by atoms with Crippen molar-refractivity contribution in [3.05, 3.63) is 29.8 Å². The van der Waals surface area contributed by atoms with Gasteiger partial charge < -0.3 is 29.2 Å². The number of hydrogen-bond acceptors (Lipinski definition) is 7. The summed E-state index contributed by atoms with van der Waals surface area (Å²) in [6, 6.07) is 4.80. The lowest BCUT2D eigenvalue weighted by Gasteiger charge is -2.34. The van der Waals surface area contributed by atoms with E-state index >= 15 is 8.78 Å². The molecule has 2 amide bonds. The van der Waals surface area contributed by atoms with Crippen LogP contribution in [0.3, 0.4) is 0 Å². The maximum absolute atomic E-state index is 16.0. The molecule has 2 aliphatic heterocycles. The third kappa shape index (κ3) is 6.33. The van der Waals surface area contributed by atoms with Gasteiger partial charge >= 0.3 is 6.09 Å². The van der Waals surface area contributed by atoms with Crippen molar-refractivity contribution >= 4 is 29.2 Å². The van der Waals surface area contributed by atoms with Crippen molar-refractivity contribution in [3.63, 3.8) is 0 Å². The minimum absolute atomic E-state index is 0.0347. The molecule has 1 aromatic carbocycles. The van der Waals surface area contributed by atoms with E-state index in [9.17, 15) is 14.4 Å². The molecule has 0 radical (unpaired) electrons. The normalized spacial score (nSPS) is 31.0. The van der Waals surface area contributed by atoms with Crippen LogP contribution in [-0.2, 0) is 20.2 Å². The van der Waals surface area contributed by atoms with Gasteiger partial charge in [-0.2, -0.15) is 0 Å². The van der Waals surface area contributed by atoms with E-state index in [4.69, 9.17) is 14.2 Å². The maximum atomic E-state index is 16.0. The van der Waals surface area contributed by atoms with E-state index in [1.807, 2.05) is 20.8 Å². The Morgan fingerprint density at radius 3 is 2.57 bits per heavy atom. The average Bonchev–Trinajstić information content (AvgIpc) is 3.88. The van der Waals surface area contributed by atoms with Crippen LogP contribution in [0.5, 0.6) is 11.6 Å². The summed E-state index contributed by atoms with van der Waals surface area (Å²) in [4.78, 5) is 45.1. The van der Waals surface area contributed by atoms with Gasteiger partial charge in [0.2, 0.25) is 11.8 Å². The fourth-order valence-electron chi connectivity index (χ4n) is 6.30. The molecule has 3 fully saturated rings. The standard InChI is InChI=1S/C33H41F2N3O6/c1-18-25(17-39)38-16-27(18)43-29-23(13-19-8-9-22(15-24(19)36-29)42-21-10-11-21)33(34,35)12-6-5-7-20-14-26(20)44-31(41)37-28(30(38)40)32(2,3)4/h8-9,13,15,17-18,20-21,25-28H,5-7,10-12,14,16H2,1-4H3,(H,37,41)/t18-,20+,25+,26+,27-,28+/m0/s1. The lowest BCUT2D eigenvalue weighted by Crippen LogP contribution is -2.56. The van der Waals surface area contributed by atoms with Gasteiger partial charge in [0.05, 0.1) is 29.8 Å². The molecule has 0 unspecified atom stereocenters. The van der Waals surface area contributed by atoms with Crippen molar-refractivity contribution in [1.29, 1.82) is 0 Å². The molecule has 2 aromatic rings. The summed E-state index contributed by atoms with van der Waals surface area (Å²) in [5, 5.41) is 3.29. The molecular weight excluding hydrogens is 572 g/mol. The van der Waals surface area contributed by atoms with E-state index < -0.39 is 53.9 Å². The zero-order valence-corrected chi connectivity index (χ0v) is 25.7. The molecule has 1 aromatic heterocycles. The number of pyridine rings is 1. The number of aromatic nitrogens is 1. The molecular formula is C33H41F2N3O6. The molecule has 0 spiro atoms. The van der Waals surface area contributed by atoms with Gasteiger partial charge in [-0.1, -0.05) is 34.1 Å². The molecule has 44 heavy (non-hydrogen) atoms. The van der Waals surface area contributed by atoms with Crippen molar-refractivity contribution in [2.24, 2.45) is 17.3 Å². The summed E-state index contributed by atoms with van der Waals surface area (Å²) >= 11 is 0. The summed E-state index contributed by atoms with van der Waals surface area (Å²) in [6.45, 7) is 7.17. The topological polar surface area (TPSA) is 107 Å². The van der Waals surface area contributed by atoms with Crippen molar-refractivity contribution in [2.45, 2.75) is 109 Å². The number of ether oxygens (including phenoxy) is 3. The van der Waals surface area contributed by atoms with Gasteiger partial charge in [0.15, 0.2) is 0 Å². The SMILES string of the molecule is C[C@@H]1[C@@H]2CN(C(=O)[C@H](C(C)(C)C)NC(=O)O[C@@H]3C[C@H]3CCCCC(F)(F)c3cc4ccc(OC5CC5)cc4nc3O2)[C@@H]1C=O. The molecule has 9 nitrogen and oxygen atoms in total. The first kappa shape index (κ1) is 30.5. The molecule has 1 saturated heterocycles. The zero-order valence-electron chi connectivity index (χ0n) is 25.7. The largest absolute Gasteiger partial charge is 0.490 e. The third-order valence-electron chi connectivity index (χ3n) is 9.33. The van der Waals surface area contributed by atoms with Crippen LogP contribution >= 0.6 is 0 Å². The predicted octanol–water partition coefficient (Wildman–Crippen LogP) is 5.76. The Bertz CT molecular complexity index is 1440. The highest BCUT2D eigenvalue weighted by Crippen LogP contribution is 2.44. The van der Waals surface area contributed by atoms with Gasteiger partial charge in [0, 0.05) is 23.8 Å². The molecule has 2 aliphatic carbocycles. The van der Waals surface area contributed by atoms with Gasteiger partial charge in [-0.05, 0) is 61.6 Å². The molecule has 2 saturated carbocycles. The quantitative estimate of drug-likeness (QED) is 0.439. The smallest absolute Gasteiger partial charge is 0.408 e. The van der Waals surface area contributed by atoms with Crippen LogP contribution in [0.25, 0.3) is 10.9 Å². The van der Waals surface area contributed by atoms with Gasteiger partial charge in [-0.25, -0.2) is 18.6 Å². The lowest BCUT2D eigenvalue weighted by molar-refractivity contribution is -0.139. The number of amides is 2. The number of carbonyl (C=O) groups excluding carboxylic acids is 3. The Kier molecular flexibility index (Phi) is 7.94. The van der Waals surface area contributed by atoms with Gasteiger partial charge in [0.1, 0.15) is 30.3 Å². The molecule has 11 heteroatoms. The van der Waals surface area contributed by atoms with Crippen molar-refractivity contribution < 1.29 is 37.4 Å². The van der Waals surface area contributed by atoms with Gasteiger partial charge in [-0.15, -0.1) is 0 Å². The van der Waals surface area contributed by atoms with E-state index in [1.54, 1.807) is 25.1 Å². The van der Waals surface area contributed by atoms with Crippen LogP contribution in [0.1, 0.15) is 78.2 Å². The molecule has 6 rings (SSSR count). The van der Waals surface area contributed by atoms with Crippen LogP contribution in [0.2, 0.25) is 0 Å². The second-order valence-corrected chi connectivity index (χ2v) is 14.0. The first-order valence-corrected chi connectivity index (χ1v) is 15.7. The summed E-state index contributed by atoms with van der Waals surface area (Å²) in [5.41, 5.74) is -0.556. The van der Waals surface area contributed by atoms with Crippen molar-refractivity contribution in [2.75, 3.05) is 6.54 Å². The summed E-state index contributed by atoms with van der Waals surface area (Å²) < 4.78 is 49.7. The minimum atomic E-state index is -3.23. The number of alkyl halides is 2. The molecule has 2 bridgehead atoms. The Morgan fingerprint density at radius 1 is 1.09 bits per heavy atom. The number of hydrogen-bond donors (Lipinski definition) is 1. The van der Waals surface area contributed by atoms with E-state index in [2.05, 4.69) is 10.3 Å². The van der Waals surface area contributed by atoms with E-state index in [1.165, 1.54) is 11.0 Å². The van der Waals surface area contributed by atoms with Crippen LogP contribution < -0.4 is 14.8 Å². The van der Waals surface area contributed by atoms with Crippen LogP contribution in [0, 0.1) is 17.3 Å². The summed E-state index contributed by atoms with van der Waals surface area (Å²) in [5.74, 6) is -3.71. The van der Waals surface area contributed by atoms with Gasteiger partial charge in [-0.3, -0.25) is 4.79 Å². The van der Waals surface area contributed by atoms with Gasteiger partial charge in [0.25, 0.3) is 5.92 Å². The van der Waals surface area contributed by atoms with E-state index in [0.29, 0.717) is 42.2 Å². The molecule has 6 atom stereocenters. The number of nitrogens with zero attached hydrogens (tertiary/aromatic N) is 2. The Hall–Kier alpha value is -3.50. The fraction of sp³-hybridized carbons (Fsp3) is 0.636. The molecule has 1 N–H and O–H groups in total. The van der Waals surface area contributed by atoms with Crippen molar-refractivity contribution in [3.8, 4) is 11.6 Å². The Balaban J connectivity index is 1.37. The highest BCUT2D eigenvalue weighted by Gasteiger charge is 2.49. The number of halogens is 2. The summed E-state index contributed by atoms with van der Waals surface area (Å²) in [6.07, 6.45) is 2.75. The Morgan fingerprint density at radius 2 is 1.86 bits per heavy atom. The average molecular weight is 614 g/mol. The fourth-order valence-corrected chi connectivity index (χ4v) is 6.30.